The largest absolute Gasteiger partial charge is 0.506 e. The minimum absolute atomic E-state index is 0.00708. The van der Waals surface area contributed by atoms with Crippen molar-refractivity contribution in [1.29, 1.82) is 0 Å². The van der Waals surface area contributed by atoms with Gasteiger partial charge < -0.3 is 15.7 Å². The third-order valence-electron chi connectivity index (χ3n) is 3.16. The van der Waals surface area contributed by atoms with Crippen LogP contribution >= 0.6 is 0 Å². The van der Waals surface area contributed by atoms with Gasteiger partial charge in [0.2, 0.25) is 5.91 Å². The first-order valence-electron chi connectivity index (χ1n) is 6.88. The van der Waals surface area contributed by atoms with Crippen molar-refractivity contribution in [2.45, 2.75) is 32.0 Å². The van der Waals surface area contributed by atoms with Crippen LogP contribution in [0.3, 0.4) is 0 Å². The van der Waals surface area contributed by atoms with Crippen molar-refractivity contribution in [2.75, 3.05) is 5.32 Å². The fourth-order valence-electron chi connectivity index (χ4n) is 1.90. The van der Waals surface area contributed by atoms with Gasteiger partial charge in [0.15, 0.2) is 0 Å². The number of amides is 1. The smallest absolute Gasteiger partial charge is 0.241 e. The Bertz CT molecular complexity index is 619. The number of aromatic hydroxyl groups is 1. The minimum atomic E-state index is -0.00708. The second-order valence-corrected chi connectivity index (χ2v) is 5.13. The van der Waals surface area contributed by atoms with Crippen molar-refractivity contribution < 1.29 is 9.90 Å². The second kappa shape index (κ2) is 5.82. The van der Waals surface area contributed by atoms with Gasteiger partial charge in [0, 0.05) is 12.2 Å². The summed E-state index contributed by atoms with van der Waals surface area (Å²) in [6.45, 7) is 0.760. The summed E-state index contributed by atoms with van der Waals surface area (Å²) in [6.07, 6.45) is 7.02. The Hall–Kier alpha value is -2.57. The van der Waals surface area contributed by atoms with E-state index in [2.05, 4.69) is 20.7 Å². The zero-order chi connectivity index (χ0) is 14.7. The molecule has 1 saturated carbocycles. The average Bonchev–Trinajstić information content (AvgIpc) is 3.16. The molecule has 1 fully saturated rings. The molecule has 0 spiro atoms. The van der Waals surface area contributed by atoms with E-state index in [0.717, 1.165) is 24.2 Å². The number of hydrogen-bond acceptors (Lipinski definition) is 5. The molecule has 0 aromatic carbocycles. The average molecular weight is 287 g/mol. The lowest BCUT2D eigenvalue weighted by Gasteiger charge is -2.04. The minimum Gasteiger partial charge on any atom is -0.506 e. The first-order valence-corrected chi connectivity index (χ1v) is 6.88. The van der Waals surface area contributed by atoms with E-state index in [0.29, 0.717) is 12.6 Å². The maximum atomic E-state index is 11.7. The number of nitrogens with one attached hydrogen (secondary N) is 2. The van der Waals surface area contributed by atoms with Crippen LogP contribution in [0.4, 0.5) is 5.69 Å². The van der Waals surface area contributed by atoms with Gasteiger partial charge in [-0.3, -0.25) is 14.5 Å². The molecule has 0 aliphatic heterocycles. The lowest BCUT2D eigenvalue weighted by atomic mass is 10.3. The van der Waals surface area contributed by atoms with E-state index in [1.807, 2.05) is 0 Å². The molecule has 1 amide bonds. The Morgan fingerprint density at radius 3 is 2.95 bits per heavy atom. The Morgan fingerprint density at radius 1 is 1.38 bits per heavy atom. The normalized spacial score (nSPS) is 13.9. The highest BCUT2D eigenvalue weighted by atomic mass is 16.3. The predicted octanol–water partition coefficient (Wildman–Crippen LogP) is 0.874. The third kappa shape index (κ3) is 3.95. The summed E-state index contributed by atoms with van der Waals surface area (Å²) in [7, 11) is 0. The Labute approximate surface area is 122 Å². The van der Waals surface area contributed by atoms with Crippen LogP contribution in [0, 0.1) is 0 Å². The summed E-state index contributed by atoms with van der Waals surface area (Å²) in [5.74, 6) is 0.139. The Kier molecular flexibility index (Phi) is 3.72. The molecule has 2 heterocycles. The number of hydrogen-bond donors (Lipinski definition) is 3. The number of anilines is 1. The van der Waals surface area contributed by atoms with Crippen LogP contribution in [0.1, 0.15) is 18.5 Å². The summed E-state index contributed by atoms with van der Waals surface area (Å²) in [6, 6.07) is 3.71. The van der Waals surface area contributed by atoms with Crippen LogP contribution in [0.15, 0.2) is 30.7 Å². The molecule has 0 saturated heterocycles. The molecule has 3 rings (SSSR count). The molecule has 3 N–H and O–H groups in total. The van der Waals surface area contributed by atoms with Gasteiger partial charge in [-0.15, -0.1) is 0 Å². The number of aromatic nitrogens is 3. The molecule has 0 bridgehead atoms. The van der Waals surface area contributed by atoms with Crippen molar-refractivity contribution in [2.24, 2.45) is 0 Å². The highest BCUT2D eigenvalue weighted by Crippen LogP contribution is 2.18. The number of pyridine rings is 1. The molecule has 0 radical (unpaired) electrons. The van der Waals surface area contributed by atoms with Gasteiger partial charge in [0.1, 0.15) is 12.3 Å². The predicted molar refractivity (Wildman–Crippen MR) is 76.6 cm³/mol. The van der Waals surface area contributed by atoms with Crippen molar-refractivity contribution in [3.63, 3.8) is 0 Å². The molecule has 7 nitrogen and oxygen atoms in total. The van der Waals surface area contributed by atoms with Crippen molar-refractivity contribution in [3.05, 3.63) is 36.4 Å². The fraction of sp³-hybridized carbons (Fsp3) is 0.357. The van der Waals surface area contributed by atoms with Crippen molar-refractivity contribution >= 4 is 11.6 Å². The van der Waals surface area contributed by atoms with Crippen LogP contribution < -0.4 is 10.6 Å². The first-order chi connectivity index (χ1) is 10.2. The molecule has 2 aromatic heterocycles. The van der Waals surface area contributed by atoms with Crippen molar-refractivity contribution in [1.82, 2.24) is 20.1 Å². The molecule has 110 valence electrons. The van der Waals surface area contributed by atoms with Crippen LogP contribution in [-0.2, 0) is 17.9 Å². The molecular formula is C14H17N5O2. The third-order valence-corrected chi connectivity index (χ3v) is 3.16. The van der Waals surface area contributed by atoms with Crippen LogP contribution in [0.2, 0.25) is 0 Å². The van der Waals surface area contributed by atoms with Gasteiger partial charge in [-0.1, -0.05) is 0 Å². The molecule has 0 atom stereocenters. The van der Waals surface area contributed by atoms with Gasteiger partial charge >= 0.3 is 0 Å². The summed E-state index contributed by atoms with van der Waals surface area (Å²) in [4.78, 5) is 15.7. The SMILES string of the molecule is O=C(Cn1cc(NCc2ccc(O)cn2)cn1)NC1CC1. The van der Waals surface area contributed by atoms with E-state index in [1.54, 1.807) is 29.2 Å². The molecular weight excluding hydrogens is 270 g/mol. The number of nitrogens with zero attached hydrogens (tertiary/aromatic N) is 3. The van der Waals surface area contributed by atoms with Gasteiger partial charge in [0.25, 0.3) is 0 Å². The van der Waals surface area contributed by atoms with Crippen molar-refractivity contribution in [3.8, 4) is 5.75 Å². The summed E-state index contributed by atoms with van der Waals surface area (Å²) in [5, 5.41) is 19.4. The lowest BCUT2D eigenvalue weighted by molar-refractivity contribution is -0.122. The number of carbonyl (C=O) groups is 1. The lowest BCUT2D eigenvalue weighted by Crippen LogP contribution is -2.29. The monoisotopic (exact) mass is 287 g/mol. The van der Waals surface area contributed by atoms with Gasteiger partial charge in [-0.25, -0.2) is 0 Å². The molecule has 2 aromatic rings. The Morgan fingerprint density at radius 2 is 2.24 bits per heavy atom. The quantitative estimate of drug-likeness (QED) is 0.733. The highest BCUT2D eigenvalue weighted by molar-refractivity contribution is 5.76. The van der Waals surface area contributed by atoms with E-state index in [9.17, 15) is 4.79 Å². The standard InChI is InChI=1S/C14H17N5O2/c20-13-4-3-11(16-7-13)5-15-12-6-17-19(8-12)9-14(21)18-10-1-2-10/h3-4,6-8,10,15,20H,1-2,5,9H2,(H,18,21). The van der Waals surface area contributed by atoms with Crippen LogP contribution in [0.5, 0.6) is 5.75 Å². The zero-order valence-electron chi connectivity index (χ0n) is 11.5. The maximum Gasteiger partial charge on any atom is 0.241 e. The number of rotatable bonds is 6. The van der Waals surface area contributed by atoms with E-state index >= 15 is 0 Å². The van der Waals surface area contributed by atoms with E-state index in [1.165, 1.54) is 6.20 Å². The van der Waals surface area contributed by atoms with Gasteiger partial charge in [0.05, 0.1) is 30.3 Å². The molecule has 1 aliphatic carbocycles. The Balaban J connectivity index is 1.49. The highest BCUT2D eigenvalue weighted by Gasteiger charge is 2.23. The molecule has 1 aliphatic rings. The molecule has 7 heteroatoms. The van der Waals surface area contributed by atoms with E-state index in [-0.39, 0.29) is 18.2 Å². The molecule has 0 unspecified atom stereocenters. The van der Waals surface area contributed by atoms with E-state index < -0.39 is 0 Å². The molecule has 21 heavy (non-hydrogen) atoms. The number of carbonyl (C=O) groups excluding carboxylic acids is 1. The summed E-state index contributed by atoms with van der Waals surface area (Å²) in [5.41, 5.74) is 1.64. The van der Waals surface area contributed by atoms with Crippen LogP contribution in [0.25, 0.3) is 0 Å². The first kappa shape index (κ1) is 13.4. The van der Waals surface area contributed by atoms with Gasteiger partial charge in [-0.2, -0.15) is 5.10 Å². The fourth-order valence-corrected chi connectivity index (χ4v) is 1.90. The summed E-state index contributed by atoms with van der Waals surface area (Å²) < 4.78 is 1.60. The van der Waals surface area contributed by atoms with Crippen LogP contribution in [-0.4, -0.2) is 31.8 Å². The maximum absolute atomic E-state index is 11.7. The summed E-state index contributed by atoms with van der Waals surface area (Å²) >= 11 is 0. The van der Waals surface area contributed by atoms with Gasteiger partial charge in [-0.05, 0) is 25.0 Å². The second-order valence-electron chi connectivity index (χ2n) is 5.13. The zero-order valence-corrected chi connectivity index (χ0v) is 11.5. The van der Waals surface area contributed by atoms with E-state index in [4.69, 9.17) is 5.11 Å². The topological polar surface area (TPSA) is 92.1 Å².